The van der Waals surface area contributed by atoms with Crippen molar-refractivity contribution in [2.24, 2.45) is 0 Å². The molecule has 1 heterocycles. The lowest BCUT2D eigenvalue weighted by atomic mass is 9.80. The molecule has 4 aromatic rings. The molecule has 9 nitrogen and oxygen atoms in total. The van der Waals surface area contributed by atoms with E-state index in [1.54, 1.807) is 27.7 Å². The van der Waals surface area contributed by atoms with Crippen molar-refractivity contribution in [2.75, 3.05) is 33.0 Å². The molecule has 5 atom stereocenters. The van der Waals surface area contributed by atoms with Crippen molar-refractivity contribution in [1.82, 2.24) is 0 Å². The molecule has 0 aliphatic carbocycles. The number of hydrogen-bond donors (Lipinski definition) is 4. The molecule has 1 aliphatic rings. The molecule has 5 unspecified atom stereocenters. The van der Waals surface area contributed by atoms with Gasteiger partial charge in [0.2, 0.25) is 0 Å². The van der Waals surface area contributed by atoms with Gasteiger partial charge in [-0.3, -0.25) is 0 Å². The lowest BCUT2D eigenvalue weighted by Gasteiger charge is -2.36. The standard InChI is InChI=1S/C22H22O2.C10H14O2.C8H16O3.C7H16O2/c1-18(23)17-24-22(19-11-5-2-6-12-19,20-13-7-3-8-14-20)21-15-9-4-10-16-21;1-9(11)7-12-8-10-5-3-2-4-6-10;1-7(9)6-11-8-4-2-3-5-10-8;1-6(8)5-9-7(2,3)4/h2-16,18,23H,17H2,1H3;2-6,9,11H,7-8H2,1H3;7-9H,2-6H2,1H3;6,8H,5H2,1-4H3. The van der Waals surface area contributed by atoms with E-state index >= 15 is 0 Å². The fourth-order valence-corrected chi connectivity index (χ4v) is 5.40. The molecule has 0 radical (unpaired) electrons. The number of aliphatic hydroxyl groups is 4. The molecule has 1 fully saturated rings. The number of ether oxygens (including phenoxy) is 5. The van der Waals surface area contributed by atoms with E-state index in [0.717, 1.165) is 41.7 Å². The molecule has 0 amide bonds. The highest BCUT2D eigenvalue weighted by atomic mass is 16.7. The molecule has 5 rings (SSSR count). The molecule has 0 aromatic heterocycles. The van der Waals surface area contributed by atoms with E-state index in [-0.39, 0.29) is 36.8 Å². The summed E-state index contributed by atoms with van der Waals surface area (Å²) in [7, 11) is 0. The Balaban J connectivity index is 0.000000285. The highest BCUT2D eigenvalue weighted by molar-refractivity contribution is 5.47. The van der Waals surface area contributed by atoms with Gasteiger partial charge in [-0.1, -0.05) is 121 Å². The zero-order valence-corrected chi connectivity index (χ0v) is 34.6. The summed E-state index contributed by atoms with van der Waals surface area (Å²) >= 11 is 0. The van der Waals surface area contributed by atoms with Crippen LogP contribution in [-0.4, -0.2) is 89.8 Å². The molecule has 310 valence electrons. The SMILES string of the molecule is CC(O)COC(C)(C)C.CC(O)COC(c1ccccc1)(c1ccccc1)c1ccccc1.CC(O)COC1CCCCO1.CC(O)COCc1ccccc1. The Hall–Kier alpha value is -3.48. The van der Waals surface area contributed by atoms with Crippen molar-refractivity contribution < 1.29 is 44.1 Å². The van der Waals surface area contributed by atoms with Crippen LogP contribution in [0.5, 0.6) is 0 Å². The average Bonchev–Trinajstić information content (AvgIpc) is 3.19. The third kappa shape index (κ3) is 20.6. The molecule has 1 aliphatic heterocycles. The summed E-state index contributed by atoms with van der Waals surface area (Å²) in [5, 5.41) is 36.4. The lowest BCUT2D eigenvalue weighted by Crippen LogP contribution is -2.35. The fourth-order valence-electron chi connectivity index (χ4n) is 5.40. The summed E-state index contributed by atoms with van der Waals surface area (Å²) in [4.78, 5) is 0. The lowest BCUT2D eigenvalue weighted by molar-refractivity contribution is -0.173. The van der Waals surface area contributed by atoms with Crippen LogP contribution in [0.1, 0.15) is 90.0 Å². The maximum atomic E-state index is 9.83. The Morgan fingerprint density at radius 1 is 0.554 bits per heavy atom. The predicted molar refractivity (Wildman–Crippen MR) is 223 cm³/mol. The fraction of sp³-hybridized carbons (Fsp3) is 0.489. The minimum atomic E-state index is -0.749. The Morgan fingerprint density at radius 3 is 1.32 bits per heavy atom. The van der Waals surface area contributed by atoms with E-state index in [1.165, 1.54) is 6.42 Å². The first kappa shape index (κ1) is 48.7. The smallest absolute Gasteiger partial charge is 0.157 e. The Bertz CT molecular complexity index is 1390. The highest BCUT2D eigenvalue weighted by Gasteiger charge is 2.37. The molecule has 0 bridgehead atoms. The van der Waals surface area contributed by atoms with E-state index in [4.69, 9.17) is 39.0 Å². The van der Waals surface area contributed by atoms with Gasteiger partial charge in [-0.25, -0.2) is 0 Å². The zero-order valence-electron chi connectivity index (χ0n) is 34.6. The van der Waals surface area contributed by atoms with Crippen molar-refractivity contribution in [3.63, 3.8) is 0 Å². The van der Waals surface area contributed by atoms with Gasteiger partial charge in [0, 0.05) is 6.61 Å². The monoisotopic (exact) mass is 776 g/mol. The average molecular weight is 777 g/mol. The van der Waals surface area contributed by atoms with E-state index in [2.05, 4.69) is 36.4 Å². The topological polar surface area (TPSA) is 127 Å². The molecule has 0 saturated carbocycles. The van der Waals surface area contributed by atoms with Crippen LogP contribution in [0.4, 0.5) is 0 Å². The van der Waals surface area contributed by atoms with Gasteiger partial charge in [0.15, 0.2) is 6.29 Å². The highest BCUT2D eigenvalue weighted by Crippen LogP contribution is 2.40. The number of aliphatic hydroxyl groups excluding tert-OH is 4. The first-order valence-corrected chi connectivity index (χ1v) is 19.7. The van der Waals surface area contributed by atoms with Crippen molar-refractivity contribution in [1.29, 1.82) is 0 Å². The van der Waals surface area contributed by atoms with Gasteiger partial charge in [0.25, 0.3) is 0 Å². The number of rotatable bonds is 15. The second-order valence-electron chi connectivity index (χ2n) is 15.0. The summed E-state index contributed by atoms with van der Waals surface area (Å²) in [6.07, 6.45) is 1.53. The molecule has 4 aromatic carbocycles. The van der Waals surface area contributed by atoms with E-state index < -0.39 is 11.7 Å². The van der Waals surface area contributed by atoms with E-state index in [0.29, 0.717) is 26.4 Å². The Kier molecular flexibility index (Phi) is 23.6. The molecule has 0 spiro atoms. The van der Waals surface area contributed by atoms with Gasteiger partial charge in [0.1, 0.15) is 5.60 Å². The maximum Gasteiger partial charge on any atom is 0.157 e. The molecule has 1 saturated heterocycles. The Morgan fingerprint density at radius 2 is 0.964 bits per heavy atom. The molecular weight excluding hydrogens is 709 g/mol. The van der Waals surface area contributed by atoms with E-state index in [1.807, 2.05) is 106 Å². The largest absolute Gasteiger partial charge is 0.391 e. The van der Waals surface area contributed by atoms with Crippen LogP contribution in [0.15, 0.2) is 121 Å². The van der Waals surface area contributed by atoms with Crippen molar-refractivity contribution in [3.8, 4) is 0 Å². The van der Waals surface area contributed by atoms with Crippen molar-refractivity contribution in [2.45, 2.75) is 116 Å². The first-order chi connectivity index (χ1) is 26.7. The zero-order chi connectivity index (χ0) is 41.2. The van der Waals surface area contributed by atoms with Crippen LogP contribution in [0.25, 0.3) is 0 Å². The van der Waals surface area contributed by atoms with Gasteiger partial charge in [-0.15, -0.1) is 0 Å². The van der Waals surface area contributed by atoms with Crippen molar-refractivity contribution >= 4 is 0 Å². The third-order valence-corrected chi connectivity index (χ3v) is 7.97. The van der Waals surface area contributed by atoms with Gasteiger partial charge < -0.3 is 44.1 Å². The van der Waals surface area contributed by atoms with Crippen LogP contribution in [0, 0.1) is 0 Å². The quantitative estimate of drug-likeness (QED) is 0.0888. The van der Waals surface area contributed by atoms with Gasteiger partial charge in [0.05, 0.1) is 63.1 Å². The van der Waals surface area contributed by atoms with Crippen LogP contribution in [0.3, 0.4) is 0 Å². The van der Waals surface area contributed by atoms with Crippen LogP contribution in [-0.2, 0) is 35.9 Å². The third-order valence-electron chi connectivity index (χ3n) is 7.97. The second kappa shape index (κ2) is 27.2. The van der Waals surface area contributed by atoms with Gasteiger partial charge in [-0.05, 0) is 90.0 Å². The maximum absolute atomic E-state index is 9.83. The van der Waals surface area contributed by atoms with Crippen LogP contribution >= 0.6 is 0 Å². The Labute approximate surface area is 336 Å². The van der Waals surface area contributed by atoms with Crippen LogP contribution < -0.4 is 0 Å². The predicted octanol–water partition coefficient (Wildman–Crippen LogP) is 8.05. The van der Waals surface area contributed by atoms with Gasteiger partial charge >= 0.3 is 0 Å². The normalized spacial score (nSPS) is 16.3. The van der Waals surface area contributed by atoms with Crippen LogP contribution in [0.2, 0.25) is 0 Å². The minimum Gasteiger partial charge on any atom is -0.391 e. The summed E-state index contributed by atoms with van der Waals surface area (Å²) < 4.78 is 27.4. The molecular formula is C47H68O9. The molecule has 9 heteroatoms. The molecule has 56 heavy (non-hydrogen) atoms. The summed E-state index contributed by atoms with van der Waals surface area (Å²) in [5.74, 6) is 0. The minimum absolute atomic E-state index is 0.0710. The number of benzene rings is 4. The number of hydrogen-bond acceptors (Lipinski definition) is 9. The first-order valence-electron chi connectivity index (χ1n) is 19.7. The molecule has 4 N–H and O–H groups in total. The van der Waals surface area contributed by atoms with Gasteiger partial charge in [-0.2, -0.15) is 0 Å². The second-order valence-corrected chi connectivity index (χ2v) is 15.0. The van der Waals surface area contributed by atoms with E-state index in [9.17, 15) is 5.11 Å². The van der Waals surface area contributed by atoms with Crippen molar-refractivity contribution in [3.05, 3.63) is 144 Å². The summed E-state index contributed by atoms with van der Waals surface area (Å²) in [5.41, 5.74) is 3.39. The summed E-state index contributed by atoms with van der Waals surface area (Å²) in [6, 6.07) is 40.4. The summed E-state index contributed by atoms with van der Waals surface area (Å²) in [6.45, 7) is 15.6.